The molecule has 0 radical (unpaired) electrons. The summed E-state index contributed by atoms with van der Waals surface area (Å²) in [7, 11) is -7.52. The number of hydrogen-bond acceptors (Lipinski definition) is 5. The third-order valence-corrected chi connectivity index (χ3v) is 8.37. The van der Waals surface area contributed by atoms with Gasteiger partial charge in [-0.3, -0.25) is 13.8 Å². The van der Waals surface area contributed by atoms with Crippen LogP contribution in [0.25, 0.3) is 0 Å². The van der Waals surface area contributed by atoms with E-state index in [0.717, 1.165) is 10.6 Å². The molecule has 0 fully saturated rings. The Kier molecular flexibility index (Phi) is 8.24. The quantitative estimate of drug-likeness (QED) is 0.269. The third-order valence-electron chi connectivity index (χ3n) is 5.58. The molecule has 4 aromatic carbocycles. The smallest absolute Gasteiger partial charge is 0.261 e. The summed E-state index contributed by atoms with van der Waals surface area (Å²) < 4.78 is 66.9. The highest BCUT2D eigenvalue weighted by molar-refractivity contribution is 7.92. The molecule has 0 atom stereocenters. The first-order valence-electron chi connectivity index (χ1n) is 11.4. The number of anilines is 3. The van der Waals surface area contributed by atoms with E-state index in [1.807, 2.05) is 0 Å². The predicted octanol–water partition coefficient (Wildman–Crippen LogP) is 5.50. The second-order valence-electron chi connectivity index (χ2n) is 8.53. The van der Waals surface area contributed by atoms with Gasteiger partial charge >= 0.3 is 0 Å². The van der Waals surface area contributed by atoms with Gasteiger partial charge in [-0.05, 0) is 90.5 Å². The lowest BCUT2D eigenvalue weighted by Gasteiger charge is -2.22. The summed E-state index contributed by atoms with van der Waals surface area (Å²) in [6, 6.07) is 23.3. The van der Waals surface area contributed by atoms with Gasteiger partial charge < -0.3 is 5.32 Å². The van der Waals surface area contributed by atoms with Crippen LogP contribution in [0.5, 0.6) is 0 Å². The van der Waals surface area contributed by atoms with Crippen molar-refractivity contribution >= 4 is 54.6 Å². The molecule has 0 heterocycles. The Morgan fingerprint density at radius 3 is 1.92 bits per heavy atom. The first-order chi connectivity index (χ1) is 18.4. The van der Waals surface area contributed by atoms with Crippen LogP contribution in [0.2, 0.25) is 5.02 Å². The normalized spacial score (nSPS) is 11.6. The standard InChI is InChI=1S/C27H23ClFN3O5S2/c1-38(34,35)32(18-19-2-8-22(29)9-3-19)25-14-4-20(5-15-25)27(33)30-23-12-16-26(17-13-23)39(36,37)31-24-10-6-21(28)7-11-24/h2-17,31H,18H2,1H3,(H,30,33). The summed E-state index contributed by atoms with van der Waals surface area (Å²) in [6.45, 7) is -0.00715. The van der Waals surface area contributed by atoms with Gasteiger partial charge in [0, 0.05) is 22.0 Å². The molecule has 0 saturated heterocycles. The zero-order valence-corrected chi connectivity index (χ0v) is 22.9. The minimum atomic E-state index is -3.85. The molecule has 0 aromatic heterocycles. The molecule has 4 rings (SSSR count). The molecule has 0 bridgehead atoms. The van der Waals surface area contributed by atoms with E-state index >= 15 is 0 Å². The predicted molar refractivity (Wildman–Crippen MR) is 151 cm³/mol. The van der Waals surface area contributed by atoms with Crippen molar-refractivity contribution in [1.29, 1.82) is 0 Å². The second kappa shape index (κ2) is 11.4. The van der Waals surface area contributed by atoms with Gasteiger partial charge in [-0.15, -0.1) is 0 Å². The maximum atomic E-state index is 13.2. The number of halogens is 2. The molecule has 2 N–H and O–H groups in total. The van der Waals surface area contributed by atoms with Crippen molar-refractivity contribution in [2.75, 3.05) is 20.6 Å². The van der Waals surface area contributed by atoms with Crippen LogP contribution in [0.1, 0.15) is 15.9 Å². The largest absolute Gasteiger partial charge is 0.322 e. The SMILES string of the molecule is CS(=O)(=O)N(Cc1ccc(F)cc1)c1ccc(C(=O)Nc2ccc(S(=O)(=O)Nc3ccc(Cl)cc3)cc2)cc1. The average molecular weight is 588 g/mol. The molecule has 39 heavy (non-hydrogen) atoms. The van der Waals surface area contributed by atoms with E-state index in [4.69, 9.17) is 11.6 Å². The maximum Gasteiger partial charge on any atom is 0.261 e. The Hall–Kier alpha value is -3.93. The van der Waals surface area contributed by atoms with Crippen LogP contribution in [-0.4, -0.2) is 29.0 Å². The van der Waals surface area contributed by atoms with E-state index in [1.165, 1.54) is 84.9 Å². The minimum Gasteiger partial charge on any atom is -0.322 e. The summed E-state index contributed by atoms with van der Waals surface area (Å²) >= 11 is 5.83. The maximum absolute atomic E-state index is 13.2. The van der Waals surface area contributed by atoms with Gasteiger partial charge in [0.1, 0.15) is 5.82 Å². The Balaban J connectivity index is 1.44. The van der Waals surface area contributed by atoms with Gasteiger partial charge in [-0.25, -0.2) is 21.2 Å². The Labute approximate surface area is 231 Å². The number of sulfonamides is 2. The Morgan fingerprint density at radius 2 is 1.36 bits per heavy atom. The third kappa shape index (κ3) is 7.34. The lowest BCUT2D eigenvalue weighted by atomic mass is 10.1. The molecule has 0 aliphatic heterocycles. The van der Waals surface area contributed by atoms with Crippen molar-refractivity contribution in [3.63, 3.8) is 0 Å². The van der Waals surface area contributed by atoms with Crippen LogP contribution in [0.15, 0.2) is 102 Å². The van der Waals surface area contributed by atoms with Gasteiger partial charge in [-0.2, -0.15) is 0 Å². The van der Waals surface area contributed by atoms with Gasteiger partial charge in [0.05, 0.1) is 23.4 Å². The van der Waals surface area contributed by atoms with E-state index in [9.17, 15) is 26.0 Å². The van der Waals surface area contributed by atoms with Gasteiger partial charge in [0.2, 0.25) is 10.0 Å². The highest BCUT2D eigenvalue weighted by Gasteiger charge is 2.19. The number of benzene rings is 4. The lowest BCUT2D eigenvalue weighted by molar-refractivity contribution is 0.102. The Morgan fingerprint density at radius 1 is 0.795 bits per heavy atom. The summed E-state index contributed by atoms with van der Waals surface area (Å²) in [4.78, 5) is 12.7. The van der Waals surface area contributed by atoms with Gasteiger partial charge in [0.15, 0.2) is 0 Å². The molecule has 8 nitrogen and oxygen atoms in total. The number of carbonyl (C=O) groups is 1. The van der Waals surface area contributed by atoms with Crippen molar-refractivity contribution in [3.8, 4) is 0 Å². The van der Waals surface area contributed by atoms with Crippen molar-refractivity contribution < 1.29 is 26.0 Å². The Bertz CT molecular complexity index is 1680. The molecule has 202 valence electrons. The zero-order chi connectivity index (χ0) is 28.2. The van der Waals surface area contributed by atoms with E-state index in [2.05, 4.69) is 10.0 Å². The molecule has 0 aliphatic carbocycles. The first-order valence-corrected chi connectivity index (χ1v) is 15.1. The summed E-state index contributed by atoms with van der Waals surface area (Å²) in [6.07, 6.45) is 1.06. The number of carbonyl (C=O) groups excluding carboxylic acids is 1. The molecule has 12 heteroatoms. The second-order valence-corrected chi connectivity index (χ2v) is 12.6. The molecule has 0 unspecified atom stereocenters. The van der Waals surface area contributed by atoms with Crippen LogP contribution < -0.4 is 14.3 Å². The highest BCUT2D eigenvalue weighted by Crippen LogP contribution is 2.23. The van der Waals surface area contributed by atoms with E-state index in [0.29, 0.717) is 27.6 Å². The van der Waals surface area contributed by atoms with E-state index in [1.54, 1.807) is 12.1 Å². The van der Waals surface area contributed by atoms with E-state index < -0.39 is 31.8 Å². The summed E-state index contributed by atoms with van der Waals surface area (Å²) in [5, 5.41) is 3.16. The average Bonchev–Trinajstić information content (AvgIpc) is 2.89. The molecule has 0 aliphatic rings. The van der Waals surface area contributed by atoms with Crippen molar-refractivity contribution in [1.82, 2.24) is 0 Å². The molecule has 0 spiro atoms. The number of nitrogens with zero attached hydrogens (tertiary/aromatic N) is 1. The van der Waals surface area contributed by atoms with Crippen molar-refractivity contribution in [2.24, 2.45) is 0 Å². The molecular formula is C27H23ClFN3O5S2. The van der Waals surface area contributed by atoms with Crippen LogP contribution >= 0.6 is 11.6 Å². The fourth-order valence-electron chi connectivity index (χ4n) is 3.59. The minimum absolute atomic E-state index is 0.00169. The van der Waals surface area contributed by atoms with Crippen molar-refractivity contribution in [2.45, 2.75) is 11.4 Å². The molecule has 4 aromatic rings. The summed E-state index contributed by atoms with van der Waals surface area (Å²) in [5.74, 6) is -0.897. The summed E-state index contributed by atoms with van der Waals surface area (Å²) in [5.41, 5.74) is 1.91. The molecule has 0 saturated carbocycles. The molecule has 1 amide bonds. The number of rotatable bonds is 9. The first kappa shape index (κ1) is 28.1. The monoisotopic (exact) mass is 587 g/mol. The fraction of sp³-hybridized carbons (Fsp3) is 0.0741. The van der Waals surface area contributed by atoms with Crippen LogP contribution in [0.4, 0.5) is 21.5 Å². The lowest BCUT2D eigenvalue weighted by Crippen LogP contribution is -2.29. The van der Waals surface area contributed by atoms with Crippen LogP contribution in [0, 0.1) is 5.82 Å². The number of nitrogens with one attached hydrogen (secondary N) is 2. The zero-order valence-electron chi connectivity index (χ0n) is 20.5. The van der Waals surface area contributed by atoms with Crippen LogP contribution in [0.3, 0.4) is 0 Å². The van der Waals surface area contributed by atoms with Crippen molar-refractivity contribution in [3.05, 3.63) is 119 Å². The van der Waals surface area contributed by atoms with Crippen LogP contribution in [-0.2, 0) is 26.6 Å². The van der Waals surface area contributed by atoms with Gasteiger partial charge in [0.25, 0.3) is 15.9 Å². The number of amides is 1. The fourth-order valence-corrected chi connectivity index (χ4v) is 5.66. The topological polar surface area (TPSA) is 113 Å². The highest BCUT2D eigenvalue weighted by atomic mass is 35.5. The van der Waals surface area contributed by atoms with E-state index in [-0.39, 0.29) is 17.0 Å². The molecular weight excluding hydrogens is 565 g/mol. The number of hydrogen-bond donors (Lipinski definition) is 2. The van der Waals surface area contributed by atoms with Gasteiger partial charge in [-0.1, -0.05) is 23.7 Å².